The first-order chi connectivity index (χ1) is 14.1. The molecule has 0 radical (unpaired) electrons. The van der Waals surface area contributed by atoms with Gasteiger partial charge >= 0.3 is 5.97 Å². The monoisotopic (exact) mass is 402 g/mol. The van der Waals surface area contributed by atoms with E-state index in [1.54, 1.807) is 24.3 Å². The van der Waals surface area contributed by atoms with Gasteiger partial charge in [0.2, 0.25) is 5.91 Å². The van der Waals surface area contributed by atoms with Crippen molar-refractivity contribution >= 4 is 17.8 Å². The van der Waals surface area contributed by atoms with Crippen LogP contribution in [0.2, 0.25) is 0 Å². The van der Waals surface area contributed by atoms with Crippen molar-refractivity contribution < 1.29 is 23.9 Å². The van der Waals surface area contributed by atoms with Crippen LogP contribution in [0.15, 0.2) is 24.3 Å². The molecule has 158 valence electrons. The molecule has 0 spiro atoms. The molecule has 1 atom stereocenters. The van der Waals surface area contributed by atoms with E-state index < -0.39 is 12.0 Å². The third-order valence-corrected chi connectivity index (χ3v) is 5.38. The van der Waals surface area contributed by atoms with E-state index >= 15 is 0 Å². The molecule has 0 bridgehead atoms. The Hall–Kier alpha value is -2.57. The lowest BCUT2D eigenvalue weighted by Gasteiger charge is -2.35. The number of ether oxygens (including phenoxy) is 2. The summed E-state index contributed by atoms with van der Waals surface area (Å²) >= 11 is 0. The SMILES string of the molecule is CCCOc1ccc(C(=O)N2CCNC(=O)[C@H]2CC(=O)OC2CCCCC2)cc1. The van der Waals surface area contributed by atoms with E-state index in [0.717, 1.165) is 32.1 Å². The van der Waals surface area contributed by atoms with Crippen molar-refractivity contribution in [2.24, 2.45) is 0 Å². The van der Waals surface area contributed by atoms with Crippen LogP contribution >= 0.6 is 0 Å². The molecule has 7 nitrogen and oxygen atoms in total. The van der Waals surface area contributed by atoms with E-state index in [9.17, 15) is 14.4 Å². The minimum absolute atomic E-state index is 0.0669. The number of piperazine rings is 1. The van der Waals surface area contributed by atoms with Gasteiger partial charge in [0.15, 0.2) is 0 Å². The Morgan fingerprint density at radius 1 is 1.14 bits per heavy atom. The molecule has 2 amide bonds. The fourth-order valence-electron chi connectivity index (χ4n) is 3.82. The van der Waals surface area contributed by atoms with Gasteiger partial charge in [-0.05, 0) is 56.4 Å². The largest absolute Gasteiger partial charge is 0.494 e. The van der Waals surface area contributed by atoms with Gasteiger partial charge in [0.25, 0.3) is 5.91 Å². The number of hydrogen-bond acceptors (Lipinski definition) is 5. The van der Waals surface area contributed by atoms with Gasteiger partial charge in [-0.3, -0.25) is 14.4 Å². The molecule has 1 saturated heterocycles. The van der Waals surface area contributed by atoms with Crippen molar-refractivity contribution in [3.05, 3.63) is 29.8 Å². The Balaban J connectivity index is 1.64. The number of hydrogen-bond donors (Lipinski definition) is 1. The van der Waals surface area contributed by atoms with Gasteiger partial charge in [0, 0.05) is 18.7 Å². The molecule has 1 aromatic carbocycles. The first-order valence-corrected chi connectivity index (χ1v) is 10.6. The molecule has 1 heterocycles. The van der Waals surface area contributed by atoms with E-state index in [1.807, 2.05) is 6.92 Å². The zero-order chi connectivity index (χ0) is 20.6. The fraction of sp³-hybridized carbons (Fsp3) is 0.591. The van der Waals surface area contributed by atoms with Crippen molar-refractivity contribution in [1.29, 1.82) is 0 Å². The normalized spacial score (nSPS) is 20.1. The maximum absolute atomic E-state index is 13.0. The van der Waals surface area contributed by atoms with Crippen LogP contribution in [0, 0.1) is 0 Å². The number of carbonyl (C=O) groups excluding carboxylic acids is 3. The Labute approximate surface area is 171 Å². The number of rotatable bonds is 7. The van der Waals surface area contributed by atoms with Crippen molar-refractivity contribution in [2.45, 2.75) is 64.0 Å². The fourth-order valence-corrected chi connectivity index (χ4v) is 3.82. The van der Waals surface area contributed by atoms with Gasteiger partial charge in [-0.2, -0.15) is 0 Å². The Kier molecular flexibility index (Phi) is 7.49. The number of carbonyl (C=O) groups is 3. The van der Waals surface area contributed by atoms with Crippen molar-refractivity contribution in [3.8, 4) is 5.75 Å². The summed E-state index contributed by atoms with van der Waals surface area (Å²) < 4.78 is 11.1. The summed E-state index contributed by atoms with van der Waals surface area (Å²) in [7, 11) is 0. The van der Waals surface area contributed by atoms with Crippen LogP contribution in [-0.2, 0) is 14.3 Å². The summed E-state index contributed by atoms with van der Waals surface area (Å²) in [5.74, 6) is -0.294. The highest BCUT2D eigenvalue weighted by Crippen LogP contribution is 2.22. The number of esters is 1. The predicted octanol–water partition coefficient (Wildman–Crippen LogP) is 2.68. The average molecular weight is 402 g/mol. The highest BCUT2D eigenvalue weighted by molar-refractivity contribution is 5.99. The molecule has 0 aromatic heterocycles. The molecule has 0 unspecified atom stereocenters. The summed E-state index contributed by atoms with van der Waals surface area (Å²) in [5, 5.41) is 2.75. The highest BCUT2D eigenvalue weighted by Gasteiger charge is 2.36. The smallest absolute Gasteiger partial charge is 0.308 e. The lowest BCUT2D eigenvalue weighted by molar-refractivity contribution is -0.153. The predicted molar refractivity (Wildman–Crippen MR) is 108 cm³/mol. The summed E-state index contributed by atoms with van der Waals surface area (Å²) in [5.41, 5.74) is 0.467. The van der Waals surface area contributed by atoms with Crippen LogP contribution in [0.25, 0.3) is 0 Å². The molecule has 29 heavy (non-hydrogen) atoms. The van der Waals surface area contributed by atoms with Crippen molar-refractivity contribution in [1.82, 2.24) is 10.2 Å². The van der Waals surface area contributed by atoms with E-state index in [4.69, 9.17) is 9.47 Å². The Morgan fingerprint density at radius 3 is 2.55 bits per heavy atom. The third-order valence-electron chi connectivity index (χ3n) is 5.38. The Bertz CT molecular complexity index is 712. The van der Waals surface area contributed by atoms with Crippen molar-refractivity contribution in [2.75, 3.05) is 19.7 Å². The molecule has 2 fully saturated rings. The van der Waals surface area contributed by atoms with Gasteiger partial charge in [0.1, 0.15) is 17.9 Å². The minimum Gasteiger partial charge on any atom is -0.494 e. The summed E-state index contributed by atoms with van der Waals surface area (Å²) in [6.45, 7) is 3.37. The van der Waals surface area contributed by atoms with E-state index in [1.165, 1.54) is 11.3 Å². The number of amides is 2. The van der Waals surface area contributed by atoms with Gasteiger partial charge in [-0.15, -0.1) is 0 Å². The minimum atomic E-state index is -0.844. The van der Waals surface area contributed by atoms with Crippen LogP contribution in [0.3, 0.4) is 0 Å². The number of nitrogens with zero attached hydrogens (tertiary/aromatic N) is 1. The topological polar surface area (TPSA) is 84.9 Å². The Morgan fingerprint density at radius 2 is 1.86 bits per heavy atom. The first kappa shape index (κ1) is 21.1. The lowest BCUT2D eigenvalue weighted by atomic mass is 9.98. The standard InChI is InChI=1S/C22H30N2O5/c1-2-14-28-17-10-8-16(9-11-17)22(27)24-13-12-23-21(26)19(24)15-20(25)29-18-6-4-3-5-7-18/h8-11,18-19H,2-7,12-15H2,1H3,(H,23,26)/t19-/m1/s1. The molecule has 3 rings (SSSR count). The maximum atomic E-state index is 13.0. The summed E-state index contributed by atoms with van der Waals surface area (Å²) in [6.07, 6.45) is 5.75. The van der Waals surface area contributed by atoms with Gasteiger partial charge in [0.05, 0.1) is 13.0 Å². The van der Waals surface area contributed by atoms with Gasteiger partial charge < -0.3 is 19.7 Å². The van der Waals surface area contributed by atoms with Crippen molar-refractivity contribution in [3.63, 3.8) is 0 Å². The molecule has 1 aromatic rings. The van der Waals surface area contributed by atoms with E-state index in [0.29, 0.717) is 31.0 Å². The zero-order valence-corrected chi connectivity index (χ0v) is 17.0. The van der Waals surface area contributed by atoms with Crippen LogP contribution in [0.4, 0.5) is 0 Å². The van der Waals surface area contributed by atoms with E-state index in [-0.39, 0.29) is 24.3 Å². The molecular formula is C22H30N2O5. The second-order valence-electron chi connectivity index (χ2n) is 7.63. The zero-order valence-electron chi connectivity index (χ0n) is 17.0. The van der Waals surface area contributed by atoms with Crippen LogP contribution < -0.4 is 10.1 Å². The number of benzene rings is 1. The second-order valence-corrected chi connectivity index (χ2v) is 7.63. The molecule has 1 aliphatic carbocycles. The molecule has 7 heteroatoms. The summed E-state index contributed by atoms with van der Waals surface area (Å²) in [4.78, 5) is 39.3. The quantitative estimate of drug-likeness (QED) is 0.709. The second kappa shape index (κ2) is 10.3. The molecule has 1 aliphatic heterocycles. The van der Waals surface area contributed by atoms with E-state index in [2.05, 4.69) is 5.32 Å². The van der Waals surface area contributed by atoms with Gasteiger partial charge in [-0.25, -0.2) is 0 Å². The lowest BCUT2D eigenvalue weighted by Crippen LogP contribution is -2.58. The maximum Gasteiger partial charge on any atom is 0.308 e. The molecule has 1 N–H and O–H groups in total. The van der Waals surface area contributed by atoms with Crippen LogP contribution in [0.5, 0.6) is 5.75 Å². The van der Waals surface area contributed by atoms with Crippen LogP contribution in [-0.4, -0.2) is 54.5 Å². The van der Waals surface area contributed by atoms with Gasteiger partial charge in [-0.1, -0.05) is 13.3 Å². The molecule has 1 saturated carbocycles. The molecule has 2 aliphatic rings. The molecular weight excluding hydrogens is 372 g/mol. The number of nitrogens with one attached hydrogen (secondary N) is 1. The summed E-state index contributed by atoms with van der Waals surface area (Å²) in [6, 6.07) is 6.04. The first-order valence-electron chi connectivity index (χ1n) is 10.6. The third kappa shape index (κ3) is 5.71. The van der Waals surface area contributed by atoms with Crippen LogP contribution in [0.1, 0.15) is 62.2 Å². The average Bonchev–Trinajstić information content (AvgIpc) is 2.74. The highest BCUT2D eigenvalue weighted by atomic mass is 16.5.